The molecule has 3 aromatic rings. The van der Waals surface area contributed by atoms with Crippen molar-refractivity contribution in [2.45, 2.75) is 51.5 Å². The number of nitrogens with zero attached hydrogens (tertiary/aromatic N) is 3. The highest BCUT2D eigenvalue weighted by Crippen LogP contribution is 2.37. The number of hydrogen-bond donors (Lipinski definition) is 1. The highest BCUT2D eigenvalue weighted by Gasteiger charge is 2.30. The van der Waals surface area contributed by atoms with E-state index in [1.165, 1.54) is 27.1 Å². The standard InChI is InChI=1S/C28H32N4O4S/c1-19-15-31(28(37)30(2)18-33)17-24-26(19)22-7-3-4-8-23(22)32(24)16-20-10-12-21(13-11-20)27(34)29-36-25-9-5-6-14-35-25/h3-4,7-8,10-13,18-19,25H,5-6,9,14-17H2,1-2H3,(H,29,34). The molecule has 194 valence electrons. The summed E-state index contributed by atoms with van der Waals surface area (Å²) >= 11 is 5.59. The molecule has 0 spiro atoms. The molecule has 1 saturated heterocycles. The molecule has 2 atom stereocenters. The molecule has 2 aliphatic heterocycles. The number of fused-ring (bicyclic) bond motifs is 3. The molecule has 0 radical (unpaired) electrons. The van der Waals surface area contributed by atoms with Crippen LogP contribution in [0.5, 0.6) is 0 Å². The van der Waals surface area contributed by atoms with Gasteiger partial charge in [-0.3, -0.25) is 14.5 Å². The maximum atomic E-state index is 12.6. The second-order valence-corrected chi connectivity index (χ2v) is 10.2. The third-order valence-electron chi connectivity index (χ3n) is 7.16. The number of para-hydroxylation sites is 1. The Morgan fingerprint density at radius 1 is 1.22 bits per heavy atom. The Morgan fingerprint density at radius 2 is 2.00 bits per heavy atom. The largest absolute Gasteiger partial charge is 0.350 e. The number of amides is 2. The maximum Gasteiger partial charge on any atom is 0.274 e. The second-order valence-electron chi connectivity index (χ2n) is 9.79. The normalized spacial score (nSPS) is 19.4. The minimum Gasteiger partial charge on any atom is -0.350 e. The summed E-state index contributed by atoms with van der Waals surface area (Å²) in [5, 5.41) is 1.78. The van der Waals surface area contributed by atoms with Crippen molar-refractivity contribution in [3.05, 3.63) is 70.9 Å². The van der Waals surface area contributed by atoms with Crippen molar-refractivity contribution in [3.8, 4) is 0 Å². The summed E-state index contributed by atoms with van der Waals surface area (Å²) in [5.41, 5.74) is 7.82. The molecule has 37 heavy (non-hydrogen) atoms. The summed E-state index contributed by atoms with van der Waals surface area (Å²) in [4.78, 5) is 32.8. The van der Waals surface area contributed by atoms with Crippen LogP contribution >= 0.6 is 12.2 Å². The van der Waals surface area contributed by atoms with E-state index in [9.17, 15) is 9.59 Å². The lowest BCUT2D eigenvalue weighted by Crippen LogP contribution is -2.44. The zero-order valence-electron chi connectivity index (χ0n) is 21.2. The lowest BCUT2D eigenvalue weighted by Gasteiger charge is -2.35. The van der Waals surface area contributed by atoms with Gasteiger partial charge in [-0.05, 0) is 54.4 Å². The van der Waals surface area contributed by atoms with Crippen LogP contribution < -0.4 is 5.48 Å². The number of carbonyl (C=O) groups excluding carboxylic acids is 2. The van der Waals surface area contributed by atoms with E-state index < -0.39 is 0 Å². The fourth-order valence-corrected chi connectivity index (χ4v) is 5.47. The molecule has 1 fully saturated rings. The van der Waals surface area contributed by atoms with Gasteiger partial charge < -0.3 is 14.2 Å². The number of ether oxygens (including phenoxy) is 1. The van der Waals surface area contributed by atoms with Crippen molar-refractivity contribution in [2.24, 2.45) is 0 Å². The first-order valence-corrected chi connectivity index (χ1v) is 13.1. The van der Waals surface area contributed by atoms with Crippen LogP contribution in [-0.2, 0) is 27.5 Å². The van der Waals surface area contributed by atoms with Gasteiger partial charge in [0.25, 0.3) is 5.91 Å². The fraction of sp³-hybridized carbons (Fsp3) is 0.393. The van der Waals surface area contributed by atoms with E-state index in [1.807, 2.05) is 24.3 Å². The smallest absolute Gasteiger partial charge is 0.274 e. The van der Waals surface area contributed by atoms with Gasteiger partial charge in [-0.15, -0.1) is 0 Å². The molecule has 2 unspecified atom stereocenters. The Balaban J connectivity index is 1.37. The van der Waals surface area contributed by atoms with Gasteiger partial charge in [0.15, 0.2) is 11.4 Å². The maximum absolute atomic E-state index is 12.6. The van der Waals surface area contributed by atoms with Gasteiger partial charge >= 0.3 is 0 Å². The van der Waals surface area contributed by atoms with Crippen molar-refractivity contribution in [1.82, 2.24) is 19.8 Å². The zero-order valence-corrected chi connectivity index (χ0v) is 22.0. The van der Waals surface area contributed by atoms with Crippen molar-refractivity contribution in [1.29, 1.82) is 0 Å². The van der Waals surface area contributed by atoms with Crippen LogP contribution in [0.3, 0.4) is 0 Å². The van der Waals surface area contributed by atoms with Crippen LogP contribution in [0.25, 0.3) is 10.9 Å². The molecule has 2 aliphatic rings. The number of benzene rings is 2. The first kappa shape index (κ1) is 25.4. The average molecular weight is 521 g/mol. The fourth-order valence-electron chi connectivity index (χ4n) is 5.29. The lowest BCUT2D eigenvalue weighted by molar-refractivity contribution is -0.186. The molecule has 3 heterocycles. The third-order valence-corrected chi connectivity index (χ3v) is 7.70. The molecule has 9 heteroatoms. The van der Waals surface area contributed by atoms with E-state index in [2.05, 4.69) is 46.1 Å². The second kappa shape index (κ2) is 11.0. The topological polar surface area (TPSA) is 76.0 Å². The minimum absolute atomic E-state index is 0.257. The minimum atomic E-state index is -0.383. The molecular weight excluding hydrogens is 488 g/mol. The summed E-state index contributed by atoms with van der Waals surface area (Å²) < 4.78 is 7.83. The average Bonchev–Trinajstić information content (AvgIpc) is 3.25. The Labute approximate surface area is 222 Å². The molecule has 0 aliphatic carbocycles. The number of thiocarbonyl (C=S) groups is 1. The quantitative estimate of drug-likeness (QED) is 0.299. The van der Waals surface area contributed by atoms with Crippen LogP contribution in [0.15, 0.2) is 48.5 Å². The molecular formula is C28H32N4O4S. The summed E-state index contributed by atoms with van der Waals surface area (Å²) in [7, 11) is 1.69. The molecule has 1 N–H and O–H groups in total. The van der Waals surface area contributed by atoms with Gasteiger partial charge in [0.1, 0.15) is 0 Å². The van der Waals surface area contributed by atoms with Crippen LogP contribution in [0.1, 0.15) is 59.3 Å². The molecule has 2 aromatic carbocycles. The Kier molecular flexibility index (Phi) is 7.55. The van der Waals surface area contributed by atoms with Gasteiger partial charge in [0.05, 0.1) is 6.54 Å². The van der Waals surface area contributed by atoms with Crippen LogP contribution in [0.2, 0.25) is 0 Å². The number of hydroxylamine groups is 1. The van der Waals surface area contributed by atoms with E-state index >= 15 is 0 Å². The molecule has 8 nitrogen and oxygen atoms in total. The number of rotatable bonds is 6. The van der Waals surface area contributed by atoms with Crippen LogP contribution in [0.4, 0.5) is 0 Å². The van der Waals surface area contributed by atoms with Gasteiger partial charge in [-0.1, -0.05) is 37.3 Å². The molecule has 0 saturated carbocycles. The van der Waals surface area contributed by atoms with Gasteiger partial charge in [0.2, 0.25) is 6.41 Å². The number of hydrogen-bond acceptors (Lipinski definition) is 5. The molecule has 5 rings (SSSR count). The third kappa shape index (κ3) is 5.25. The van der Waals surface area contributed by atoms with Gasteiger partial charge in [0, 0.05) is 61.2 Å². The molecule has 1 aromatic heterocycles. The number of carbonyl (C=O) groups is 2. The molecule has 2 amide bonds. The SMILES string of the molecule is CC1CN(C(=S)N(C)C=O)Cc2c1c1ccccc1n2Cc1ccc(C(=O)NOC2CCCCO2)cc1. The monoisotopic (exact) mass is 520 g/mol. The van der Waals surface area contributed by atoms with E-state index in [-0.39, 0.29) is 18.1 Å². The van der Waals surface area contributed by atoms with Gasteiger partial charge in [-0.2, -0.15) is 0 Å². The van der Waals surface area contributed by atoms with Crippen molar-refractivity contribution < 1.29 is 19.2 Å². The Bertz CT molecular complexity index is 1300. The van der Waals surface area contributed by atoms with Crippen LogP contribution in [0, 0.1) is 0 Å². The van der Waals surface area contributed by atoms with Crippen molar-refractivity contribution in [2.75, 3.05) is 20.2 Å². The first-order chi connectivity index (χ1) is 18.0. The van der Waals surface area contributed by atoms with E-state index in [0.717, 1.165) is 37.8 Å². The Hall–Kier alpha value is -3.27. The lowest BCUT2D eigenvalue weighted by atomic mass is 9.93. The van der Waals surface area contributed by atoms with E-state index in [0.29, 0.717) is 30.4 Å². The highest BCUT2D eigenvalue weighted by molar-refractivity contribution is 7.80. The summed E-state index contributed by atoms with van der Waals surface area (Å²) in [6.07, 6.45) is 3.20. The summed E-state index contributed by atoms with van der Waals surface area (Å²) in [5.74, 6) is -0.0334. The Morgan fingerprint density at radius 3 is 2.73 bits per heavy atom. The van der Waals surface area contributed by atoms with Crippen molar-refractivity contribution >= 4 is 40.6 Å². The summed E-state index contributed by atoms with van der Waals surface area (Å²) in [6, 6.07) is 16.0. The predicted octanol–water partition coefficient (Wildman–Crippen LogP) is 4.17. The predicted molar refractivity (Wildman–Crippen MR) is 145 cm³/mol. The highest BCUT2D eigenvalue weighted by atomic mass is 32.1. The van der Waals surface area contributed by atoms with Gasteiger partial charge in [-0.25, -0.2) is 10.3 Å². The summed E-state index contributed by atoms with van der Waals surface area (Å²) in [6.45, 7) is 4.91. The zero-order chi connectivity index (χ0) is 25.9. The van der Waals surface area contributed by atoms with E-state index in [4.69, 9.17) is 21.8 Å². The van der Waals surface area contributed by atoms with Crippen molar-refractivity contribution in [3.63, 3.8) is 0 Å². The van der Waals surface area contributed by atoms with E-state index in [1.54, 1.807) is 7.05 Å². The molecule has 0 bridgehead atoms. The number of aromatic nitrogens is 1. The first-order valence-electron chi connectivity index (χ1n) is 12.7. The van der Waals surface area contributed by atoms with Crippen LogP contribution in [-0.4, -0.2) is 58.3 Å². The number of nitrogens with one attached hydrogen (secondary N) is 1.